The first-order valence-corrected chi connectivity index (χ1v) is 37.6. The molecule has 0 bridgehead atoms. The molecular weight excluding hydrogens is 1100 g/mol. The summed E-state index contributed by atoms with van der Waals surface area (Å²) >= 11 is 0. The first-order chi connectivity index (χ1) is 43.2. The average Bonchev–Trinajstić information content (AvgIpc) is 1.36. The molecule has 88 heavy (non-hydrogen) atoms. The fourth-order valence-electron chi connectivity index (χ4n) is 11.7. The molecule has 1 rings (SSSR count). The van der Waals surface area contributed by atoms with Gasteiger partial charge < -0.3 is 45.1 Å². The van der Waals surface area contributed by atoms with Crippen LogP contribution in [0.3, 0.4) is 0 Å². The molecule has 11 heteroatoms. The van der Waals surface area contributed by atoms with Crippen molar-refractivity contribution in [2.24, 2.45) is 0 Å². The molecule has 514 valence electrons. The number of unbranched alkanes of at least 4 members (excludes halogenated alkanes) is 43. The van der Waals surface area contributed by atoms with Crippen LogP contribution in [0.1, 0.15) is 355 Å². The quantitative estimate of drug-likeness (QED) is 0.0195. The van der Waals surface area contributed by atoms with E-state index in [1.54, 1.807) is 6.08 Å². The van der Waals surface area contributed by atoms with Gasteiger partial charge in [0.05, 0.1) is 25.4 Å². The molecule has 0 aromatic carbocycles. The minimum absolute atomic E-state index is 0.116. The number of hydrogen-bond acceptors (Lipinski definition) is 10. The van der Waals surface area contributed by atoms with Crippen LogP contribution < -0.4 is 5.32 Å². The predicted molar refractivity (Wildman–Crippen MR) is 370 cm³/mol. The van der Waals surface area contributed by atoms with E-state index in [4.69, 9.17) is 14.2 Å². The number of carbonyl (C=O) groups is 2. The molecule has 8 atom stereocenters. The van der Waals surface area contributed by atoms with Crippen LogP contribution in [0.4, 0.5) is 0 Å². The molecule has 1 aliphatic heterocycles. The number of amides is 1. The zero-order valence-electron chi connectivity index (χ0n) is 57.4. The summed E-state index contributed by atoms with van der Waals surface area (Å²) < 4.78 is 17.7. The molecule has 0 radical (unpaired) electrons. The highest BCUT2D eigenvalue weighted by Gasteiger charge is 2.47. The maximum Gasteiger partial charge on any atom is 0.306 e. The summed E-state index contributed by atoms with van der Waals surface area (Å²) in [5.74, 6) is -1.19. The van der Waals surface area contributed by atoms with E-state index in [0.717, 1.165) is 83.5 Å². The summed E-state index contributed by atoms with van der Waals surface area (Å²) in [6, 6.07) is -1.03. The fourth-order valence-corrected chi connectivity index (χ4v) is 11.7. The second-order valence-electron chi connectivity index (χ2n) is 26.0. The Labute approximate surface area is 541 Å². The monoisotopic (exact) mass is 1240 g/mol. The molecule has 11 nitrogen and oxygen atoms in total. The molecule has 0 spiro atoms. The third-order valence-electron chi connectivity index (χ3n) is 17.6. The van der Waals surface area contributed by atoms with Gasteiger partial charge in [-0.3, -0.25) is 9.59 Å². The summed E-state index contributed by atoms with van der Waals surface area (Å²) in [5, 5.41) is 57.3. The molecule has 1 aliphatic rings. The molecule has 1 amide bonds. The number of rotatable bonds is 65. The van der Waals surface area contributed by atoms with Crippen molar-refractivity contribution in [1.82, 2.24) is 5.32 Å². The van der Waals surface area contributed by atoms with Gasteiger partial charge in [-0.05, 0) is 89.9 Å². The standard InChI is InChI=1S/C77H141NO10/c1-4-7-10-13-16-19-22-25-27-29-31-33-34-35-36-37-39-40-42-44-46-49-52-55-58-61-64-70(81)76(85)78-68(69(80)63-60-57-54-51-48-24-21-18-15-12-9-6-3)67-86-77-75(74(84)73(83)71(66-79)87-77)88-72(82)65-62-59-56-53-50-47-45-43-41-38-32-30-28-26-23-20-17-14-11-8-5-2/h17,20,25-28,32,38,60,63,68-71,73-75,77,79-81,83-84H,4-16,18-19,21-24,29-31,33-37,39-59,61-62,64-67H2,1-3H3,(H,78,85)/b20-17-,27-25+,28-26-,38-32-,63-60+. The van der Waals surface area contributed by atoms with Crippen molar-refractivity contribution in [3.63, 3.8) is 0 Å². The molecule has 8 unspecified atom stereocenters. The highest BCUT2D eigenvalue weighted by Crippen LogP contribution is 2.26. The molecule has 0 aromatic rings. The lowest BCUT2D eigenvalue weighted by Gasteiger charge is -2.41. The van der Waals surface area contributed by atoms with Crippen LogP contribution in [-0.4, -0.2) is 99.6 Å². The van der Waals surface area contributed by atoms with Gasteiger partial charge in [0.1, 0.15) is 24.4 Å². The van der Waals surface area contributed by atoms with Gasteiger partial charge in [0.2, 0.25) is 5.91 Å². The highest BCUT2D eigenvalue weighted by molar-refractivity contribution is 5.80. The number of aliphatic hydroxyl groups is 5. The van der Waals surface area contributed by atoms with Crippen molar-refractivity contribution in [3.05, 3.63) is 60.8 Å². The van der Waals surface area contributed by atoms with E-state index in [0.29, 0.717) is 19.3 Å². The number of carbonyl (C=O) groups excluding carboxylic acids is 2. The van der Waals surface area contributed by atoms with E-state index in [9.17, 15) is 35.1 Å². The lowest BCUT2D eigenvalue weighted by atomic mass is 9.99. The smallest absolute Gasteiger partial charge is 0.306 e. The number of allylic oxidation sites excluding steroid dienone is 9. The van der Waals surface area contributed by atoms with E-state index >= 15 is 0 Å². The Hall–Kier alpha value is -2.64. The molecule has 6 N–H and O–H groups in total. The van der Waals surface area contributed by atoms with Crippen LogP contribution in [0.15, 0.2) is 60.8 Å². The molecule has 1 fully saturated rings. The van der Waals surface area contributed by atoms with Gasteiger partial charge in [0.15, 0.2) is 12.4 Å². The normalized spacial score (nSPS) is 18.5. The van der Waals surface area contributed by atoms with Crippen LogP contribution in [0.2, 0.25) is 0 Å². The molecule has 1 saturated heterocycles. The van der Waals surface area contributed by atoms with Crippen LogP contribution in [0, 0.1) is 0 Å². The lowest BCUT2D eigenvalue weighted by molar-refractivity contribution is -0.305. The second kappa shape index (κ2) is 64.5. The van der Waals surface area contributed by atoms with E-state index in [-0.39, 0.29) is 13.0 Å². The number of aliphatic hydroxyl groups excluding tert-OH is 5. The summed E-state index contributed by atoms with van der Waals surface area (Å²) in [6.07, 6.45) is 72.7. The van der Waals surface area contributed by atoms with Gasteiger partial charge in [-0.15, -0.1) is 0 Å². The predicted octanol–water partition coefficient (Wildman–Crippen LogP) is 19.7. The number of nitrogens with one attached hydrogen (secondary N) is 1. The lowest BCUT2D eigenvalue weighted by Crippen LogP contribution is -2.61. The SMILES string of the molecule is CCCCC/C=C\C/C=C\C/C=C\CCCCCCCCCCC(=O)OC1C(OCC(NC(=O)C(O)CCCCCCCCCCCCCCCCCC/C=C/CCCCCCCC)C(O)/C=C/CCCCCCCCCCCC)OC(CO)C(O)C1O. The highest BCUT2D eigenvalue weighted by atomic mass is 16.7. The van der Waals surface area contributed by atoms with E-state index in [1.807, 2.05) is 6.08 Å². The first kappa shape index (κ1) is 83.4. The van der Waals surface area contributed by atoms with Crippen molar-refractivity contribution in [2.45, 2.75) is 404 Å². The Balaban J connectivity index is 2.53. The maximum absolute atomic E-state index is 13.5. The van der Waals surface area contributed by atoms with Gasteiger partial charge in [0.25, 0.3) is 0 Å². The molecule has 1 heterocycles. The maximum atomic E-state index is 13.5. The number of ether oxygens (including phenoxy) is 3. The van der Waals surface area contributed by atoms with Gasteiger partial charge >= 0.3 is 5.97 Å². The zero-order valence-corrected chi connectivity index (χ0v) is 57.4. The summed E-state index contributed by atoms with van der Waals surface area (Å²) in [6.45, 7) is 5.80. The number of esters is 1. The molecule has 0 aliphatic carbocycles. The Kier molecular flexibility index (Phi) is 61.1. The van der Waals surface area contributed by atoms with Crippen molar-refractivity contribution >= 4 is 11.9 Å². The van der Waals surface area contributed by atoms with Crippen molar-refractivity contribution in [1.29, 1.82) is 0 Å². The van der Waals surface area contributed by atoms with Crippen molar-refractivity contribution in [2.75, 3.05) is 13.2 Å². The minimum atomic E-state index is -1.62. The molecular formula is C77H141NO10. The topological polar surface area (TPSA) is 175 Å². The minimum Gasteiger partial charge on any atom is -0.454 e. The van der Waals surface area contributed by atoms with Crippen molar-refractivity contribution < 1.29 is 49.3 Å². The van der Waals surface area contributed by atoms with Gasteiger partial charge in [0, 0.05) is 6.42 Å². The Morgan fingerprint density at radius 1 is 0.443 bits per heavy atom. The third kappa shape index (κ3) is 50.9. The summed E-state index contributed by atoms with van der Waals surface area (Å²) in [5.41, 5.74) is 0. The fraction of sp³-hybridized carbons (Fsp3) is 0.844. The van der Waals surface area contributed by atoms with Gasteiger partial charge in [-0.25, -0.2) is 0 Å². The summed E-state index contributed by atoms with van der Waals surface area (Å²) in [7, 11) is 0. The first-order valence-electron chi connectivity index (χ1n) is 37.6. The number of hydrogen-bond donors (Lipinski definition) is 6. The van der Waals surface area contributed by atoms with Gasteiger partial charge in [-0.1, -0.05) is 319 Å². The third-order valence-corrected chi connectivity index (χ3v) is 17.6. The van der Waals surface area contributed by atoms with E-state index in [2.05, 4.69) is 74.7 Å². The molecule has 0 aromatic heterocycles. The van der Waals surface area contributed by atoms with E-state index < -0.39 is 67.4 Å². The largest absolute Gasteiger partial charge is 0.454 e. The Morgan fingerprint density at radius 2 is 0.784 bits per heavy atom. The van der Waals surface area contributed by atoms with Crippen molar-refractivity contribution in [3.8, 4) is 0 Å². The summed E-state index contributed by atoms with van der Waals surface area (Å²) in [4.78, 5) is 26.7. The van der Waals surface area contributed by atoms with Crippen LogP contribution in [-0.2, 0) is 23.8 Å². The van der Waals surface area contributed by atoms with Crippen LogP contribution >= 0.6 is 0 Å². The van der Waals surface area contributed by atoms with Crippen LogP contribution in [0.5, 0.6) is 0 Å². The second-order valence-corrected chi connectivity index (χ2v) is 26.0. The molecule has 0 saturated carbocycles. The average molecular weight is 1240 g/mol. The van der Waals surface area contributed by atoms with E-state index in [1.165, 1.54) is 225 Å². The zero-order chi connectivity index (χ0) is 63.9. The van der Waals surface area contributed by atoms with Crippen LogP contribution in [0.25, 0.3) is 0 Å². The van der Waals surface area contributed by atoms with Gasteiger partial charge in [-0.2, -0.15) is 0 Å². The Morgan fingerprint density at radius 3 is 1.20 bits per heavy atom. The Bertz CT molecular complexity index is 1670.